The molecule has 1 unspecified atom stereocenters. The van der Waals surface area contributed by atoms with E-state index < -0.39 is 0 Å². The number of hydrogen-bond donors (Lipinski definition) is 1. The molecule has 2 aromatic heterocycles. The van der Waals surface area contributed by atoms with Gasteiger partial charge in [-0.25, -0.2) is 9.97 Å². The number of amides is 1. The van der Waals surface area contributed by atoms with Crippen LogP contribution in [0.2, 0.25) is 0 Å². The highest BCUT2D eigenvalue weighted by atomic mass is 32.2. The Morgan fingerprint density at radius 3 is 2.93 bits per heavy atom. The van der Waals surface area contributed by atoms with E-state index in [9.17, 15) is 4.79 Å². The van der Waals surface area contributed by atoms with Crippen LogP contribution in [0.5, 0.6) is 0 Å². The lowest BCUT2D eigenvalue weighted by atomic mass is 10.0. The first-order valence-corrected chi connectivity index (χ1v) is 11.2. The number of hydrogen-bond acceptors (Lipinski definition) is 8. The van der Waals surface area contributed by atoms with Gasteiger partial charge in [-0.3, -0.25) is 4.79 Å². The zero-order valence-corrected chi connectivity index (χ0v) is 18.7. The van der Waals surface area contributed by atoms with Gasteiger partial charge in [0, 0.05) is 39.4 Å². The molecular weight excluding hydrogens is 404 g/mol. The molecule has 1 aliphatic heterocycles. The summed E-state index contributed by atoms with van der Waals surface area (Å²) < 4.78 is 15.9. The molecule has 9 heteroatoms. The van der Waals surface area contributed by atoms with Crippen molar-refractivity contribution in [3.63, 3.8) is 0 Å². The van der Waals surface area contributed by atoms with Gasteiger partial charge < -0.3 is 24.1 Å². The minimum absolute atomic E-state index is 0.247. The zero-order valence-electron chi connectivity index (χ0n) is 17.8. The average Bonchev–Trinajstić information content (AvgIpc) is 3.22. The number of thioether (sulfide) groups is 1. The Morgan fingerprint density at radius 2 is 2.17 bits per heavy atom. The molecule has 1 N–H and O–H groups in total. The van der Waals surface area contributed by atoms with Gasteiger partial charge in [0.15, 0.2) is 10.9 Å². The van der Waals surface area contributed by atoms with Crippen molar-refractivity contribution in [1.82, 2.24) is 15.3 Å². The normalized spacial score (nSPS) is 16.6. The van der Waals surface area contributed by atoms with E-state index in [-0.39, 0.29) is 5.91 Å². The highest BCUT2D eigenvalue weighted by Crippen LogP contribution is 2.27. The molecule has 1 aliphatic rings. The number of carbonyl (C=O) groups is 1. The van der Waals surface area contributed by atoms with Gasteiger partial charge in [-0.2, -0.15) is 0 Å². The Hall–Kier alpha value is -2.10. The van der Waals surface area contributed by atoms with E-state index in [2.05, 4.69) is 22.1 Å². The molecule has 2 aromatic rings. The second-order valence-corrected chi connectivity index (χ2v) is 8.22. The summed E-state index contributed by atoms with van der Waals surface area (Å²) >= 11 is 1.49. The quantitative estimate of drug-likeness (QED) is 0.346. The zero-order chi connectivity index (χ0) is 21.3. The van der Waals surface area contributed by atoms with Gasteiger partial charge in [-0.05, 0) is 38.3 Å². The van der Waals surface area contributed by atoms with Crippen molar-refractivity contribution in [3.8, 4) is 0 Å². The van der Waals surface area contributed by atoms with Crippen molar-refractivity contribution in [2.45, 2.75) is 49.7 Å². The second-order valence-electron chi connectivity index (χ2n) is 7.27. The van der Waals surface area contributed by atoms with E-state index in [0.29, 0.717) is 48.2 Å². The molecule has 0 saturated carbocycles. The predicted molar refractivity (Wildman–Crippen MR) is 116 cm³/mol. The second kappa shape index (κ2) is 11.3. The lowest BCUT2D eigenvalue weighted by molar-refractivity contribution is 0.0908. The van der Waals surface area contributed by atoms with Gasteiger partial charge >= 0.3 is 0 Å². The number of furan rings is 1. The van der Waals surface area contributed by atoms with E-state index in [1.54, 1.807) is 20.3 Å². The molecule has 3 rings (SSSR count). The van der Waals surface area contributed by atoms with Crippen molar-refractivity contribution in [1.29, 1.82) is 0 Å². The van der Waals surface area contributed by atoms with Crippen molar-refractivity contribution >= 4 is 23.5 Å². The van der Waals surface area contributed by atoms with Gasteiger partial charge in [0.2, 0.25) is 0 Å². The fourth-order valence-corrected chi connectivity index (χ4v) is 4.16. The fraction of sp³-hybridized carbons (Fsp3) is 0.571. The van der Waals surface area contributed by atoms with Crippen molar-refractivity contribution in [2.24, 2.45) is 0 Å². The first-order valence-electron chi connectivity index (χ1n) is 10.2. The molecule has 0 spiro atoms. The van der Waals surface area contributed by atoms with Crippen LogP contribution in [0.15, 0.2) is 27.8 Å². The Bertz CT molecular complexity index is 829. The Balaban J connectivity index is 1.66. The van der Waals surface area contributed by atoms with Crippen LogP contribution in [0.3, 0.4) is 0 Å². The summed E-state index contributed by atoms with van der Waals surface area (Å²) in [6.07, 6.45) is 3.61. The molecule has 1 saturated heterocycles. The first-order chi connectivity index (χ1) is 14.6. The number of nitrogens with zero attached hydrogens (tertiary/aromatic N) is 3. The van der Waals surface area contributed by atoms with Crippen molar-refractivity contribution in [2.75, 3.05) is 38.8 Å². The maximum atomic E-state index is 12.1. The minimum atomic E-state index is -0.247. The Kier molecular flexibility index (Phi) is 8.53. The van der Waals surface area contributed by atoms with Crippen LogP contribution in [0.4, 0.5) is 5.82 Å². The summed E-state index contributed by atoms with van der Waals surface area (Å²) in [5.74, 6) is 2.23. The number of methoxy groups -OCH3 is 2. The topological polar surface area (TPSA) is 89.7 Å². The van der Waals surface area contributed by atoms with Gasteiger partial charge in [0.1, 0.15) is 11.6 Å². The first kappa shape index (κ1) is 22.6. The highest BCUT2D eigenvalue weighted by molar-refractivity contribution is 7.98. The number of ether oxygens (including phenoxy) is 2. The Morgan fingerprint density at radius 1 is 1.30 bits per heavy atom. The predicted octanol–water partition coefficient (Wildman–Crippen LogP) is 3.26. The van der Waals surface area contributed by atoms with Gasteiger partial charge in [0.05, 0.1) is 24.7 Å². The average molecular weight is 435 g/mol. The molecule has 0 aromatic carbocycles. The molecule has 1 fully saturated rings. The molecule has 0 bridgehead atoms. The lowest BCUT2D eigenvalue weighted by Crippen LogP contribution is -2.38. The van der Waals surface area contributed by atoms with E-state index in [0.717, 1.165) is 18.1 Å². The summed E-state index contributed by atoms with van der Waals surface area (Å²) in [6.45, 7) is 4.60. The van der Waals surface area contributed by atoms with Gasteiger partial charge in [0.25, 0.3) is 5.91 Å². The summed E-state index contributed by atoms with van der Waals surface area (Å²) in [5, 5.41) is 3.43. The molecule has 0 aliphatic carbocycles. The van der Waals surface area contributed by atoms with Crippen LogP contribution >= 0.6 is 11.8 Å². The Labute approximate surface area is 181 Å². The van der Waals surface area contributed by atoms with Crippen molar-refractivity contribution in [3.05, 3.63) is 35.4 Å². The number of anilines is 1. The standard InChI is InChI=1S/C21H30N4O4S/c1-15-6-4-5-10-25(15)19-12-16(13-28-3)23-21(24-19)30-14-17-7-8-18(29-17)20(26)22-9-11-27-2/h7-8,12,15H,4-6,9-11,13-14H2,1-3H3,(H,22,26). The smallest absolute Gasteiger partial charge is 0.287 e. The van der Waals surface area contributed by atoms with E-state index in [4.69, 9.17) is 18.9 Å². The third-order valence-electron chi connectivity index (χ3n) is 4.96. The number of piperidine rings is 1. The summed E-state index contributed by atoms with van der Waals surface area (Å²) in [7, 11) is 3.26. The van der Waals surface area contributed by atoms with Crippen molar-refractivity contribution < 1.29 is 18.7 Å². The van der Waals surface area contributed by atoms with Crippen LogP contribution in [0, 0.1) is 0 Å². The minimum Gasteiger partial charge on any atom is -0.455 e. The lowest BCUT2D eigenvalue weighted by Gasteiger charge is -2.34. The number of carbonyl (C=O) groups excluding carboxylic acids is 1. The summed E-state index contributed by atoms with van der Waals surface area (Å²) in [5.41, 5.74) is 0.862. The maximum Gasteiger partial charge on any atom is 0.287 e. The number of nitrogens with one attached hydrogen (secondary N) is 1. The van der Waals surface area contributed by atoms with Crippen LogP contribution in [-0.2, 0) is 21.8 Å². The van der Waals surface area contributed by atoms with Gasteiger partial charge in [-0.1, -0.05) is 11.8 Å². The molecule has 164 valence electrons. The molecule has 30 heavy (non-hydrogen) atoms. The van der Waals surface area contributed by atoms with E-state index in [1.165, 1.54) is 31.0 Å². The maximum absolute atomic E-state index is 12.1. The number of aromatic nitrogens is 2. The third-order valence-corrected chi connectivity index (χ3v) is 5.82. The number of rotatable bonds is 10. The summed E-state index contributed by atoms with van der Waals surface area (Å²) in [4.78, 5) is 23.8. The SMILES string of the molecule is COCCNC(=O)c1ccc(CSc2nc(COC)cc(N3CCCCC3C)n2)o1. The van der Waals surface area contributed by atoms with Crippen LogP contribution in [0.25, 0.3) is 0 Å². The largest absolute Gasteiger partial charge is 0.455 e. The van der Waals surface area contributed by atoms with Gasteiger partial charge in [-0.15, -0.1) is 0 Å². The molecule has 8 nitrogen and oxygen atoms in total. The molecule has 0 radical (unpaired) electrons. The summed E-state index contributed by atoms with van der Waals surface area (Å²) in [6, 6.07) is 5.97. The molecular formula is C21H30N4O4S. The molecule has 1 atom stereocenters. The molecule has 3 heterocycles. The third kappa shape index (κ3) is 6.20. The van der Waals surface area contributed by atoms with E-state index >= 15 is 0 Å². The monoisotopic (exact) mass is 434 g/mol. The molecule has 1 amide bonds. The fourth-order valence-electron chi connectivity index (χ4n) is 3.40. The van der Waals surface area contributed by atoms with Crippen LogP contribution < -0.4 is 10.2 Å². The highest BCUT2D eigenvalue weighted by Gasteiger charge is 2.21. The van der Waals surface area contributed by atoms with Crippen LogP contribution in [0.1, 0.15) is 48.2 Å². The van der Waals surface area contributed by atoms with E-state index in [1.807, 2.05) is 12.1 Å². The van der Waals surface area contributed by atoms with Crippen LogP contribution in [-0.4, -0.2) is 55.8 Å².